The lowest BCUT2D eigenvalue weighted by Crippen LogP contribution is -2.29. The average molecular weight is 235 g/mol. The Kier molecular flexibility index (Phi) is 1.99. The van der Waals surface area contributed by atoms with E-state index in [0.29, 0.717) is 18.5 Å². The number of aromatic amines is 1. The molecular weight excluding hydrogens is 222 g/mol. The number of aromatic nitrogens is 4. The second kappa shape index (κ2) is 3.30. The maximum Gasteiger partial charge on any atom is 0.280 e. The van der Waals surface area contributed by atoms with Crippen LogP contribution in [0.1, 0.15) is 25.7 Å². The molecule has 0 unspecified atom stereocenters. The number of hydrogen-bond acceptors (Lipinski definition) is 5. The van der Waals surface area contributed by atoms with E-state index in [4.69, 9.17) is 5.73 Å². The lowest BCUT2D eigenvalue weighted by molar-refractivity contribution is -0.0271. The first-order chi connectivity index (χ1) is 8.10. The number of nitrogens with one attached hydrogen (secondary N) is 1. The number of nitrogen functional groups attached to an aromatic ring is 1. The number of nitrogens with two attached hydrogens (primary N) is 1. The first-order valence-electron chi connectivity index (χ1n) is 5.56. The molecule has 0 radical (unpaired) electrons. The van der Waals surface area contributed by atoms with Gasteiger partial charge in [-0.2, -0.15) is 4.98 Å². The molecule has 1 aliphatic rings. The standard InChI is InChI=1S/C10H13N5O2/c11-9-13-7-6(8(16)14-9)12-5-15(7)10(17)3-1-2-4-10/h5,17H,1-4H2,(H3,11,13,14,16). The van der Waals surface area contributed by atoms with Crippen LogP contribution < -0.4 is 11.3 Å². The Balaban J connectivity index is 2.28. The van der Waals surface area contributed by atoms with Crippen molar-refractivity contribution < 1.29 is 5.11 Å². The van der Waals surface area contributed by atoms with Gasteiger partial charge in [0.05, 0.1) is 6.33 Å². The minimum absolute atomic E-state index is 0.0332. The molecule has 0 spiro atoms. The summed E-state index contributed by atoms with van der Waals surface area (Å²) in [7, 11) is 0. The third-order valence-electron chi connectivity index (χ3n) is 3.28. The summed E-state index contributed by atoms with van der Waals surface area (Å²) in [6, 6.07) is 0. The number of nitrogens with zero attached hydrogens (tertiary/aromatic N) is 3. The van der Waals surface area contributed by atoms with E-state index in [1.54, 1.807) is 4.57 Å². The van der Waals surface area contributed by atoms with Gasteiger partial charge < -0.3 is 10.8 Å². The summed E-state index contributed by atoms with van der Waals surface area (Å²) >= 11 is 0. The number of H-pyrrole nitrogens is 1. The molecule has 0 atom stereocenters. The predicted molar refractivity (Wildman–Crippen MR) is 61.2 cm³/mol. The minimum Gasteiger partial charge on any atom is -0.370 e. The van der Waals surface area contributed by atoms with E-state index < -0.39 is 5.72 Å². The van der Waals surface area contributed by atoms with Gasteiger partial charge in [-0.15, -0.1) is 0 Å². The first kappa shape index (κ1) is 10.3. The Bertz CT molecular complexity index is 623. The van der Waals surface area contributed by atoms with Gasteiger partial charge >= 0.3 is 0 Å². The molecule has 0 amide bonds. The van der Waals surface area contributed by atoms with E-state index in [1.807, 2.05) is 0 Å². The van der Waals surface area contributed by atoms with Gasteiger partial charge in [-0.3, -0.25) is 14.3 Å². The quantitative estimate of drug-likeness (QED) is 0.640. The molecule has 0 bridgehead atoms. The van der Waals surface area contributed by atoms with Crippen molar-refractivity contribution in [2.75, 3.05) is 5.73 Å². The van der Waals surface area contributed by atoms with Gasteiger partial charge in [0.15, 0.2) is 11.2 Å². The number of aliphatic hydroxyl groups is 1. The van der Waals surface area contributed by atoms with Gasteiger partial charge in [0.25, 0.3) is 5.56 Å². The van der Waals surface area contributed by atoms with E-state index in [1.165, 1.54) is 6.33 Å². The highest BCUT2D eigenvalue weighted by molar-refractivity contribution is 5.70. The van der Waals surface area contributed by atoms with E-state index in [2.05, 4.69) is 15.0 Å². The monoisotopic (exact) mass is 235 g/mol. The number of rotatable bonds is 1. The fraction of sp³-hybridized carbons (Fsp3) is 0.500. The van der Waals surface area contributed by atoms with Crippen molar-refractivity contribution in [1.29, 1.82) is 0 Å². The molecule has 0 saturated heterocycles. The van der Waals surface area contributed by atoms with E-state index in [-0.39, 0.29) is 17.0 Å². The molecule has 7 nitrogen and oxygen atoms in total. The van der Waals surface area contributed by atoms with Gasteiger partial charge in [-0.25, -0.2) is 4.98 Å². The number of hydrogen-bond donors (Lipinski definition) is 3. The van der Waals surface area contributed by atoms with Crippen LogP contribution in [-0.2, 0) is 5.72 Å². The SMILES string of the molecule is Nc1nc2c(ncn2C2(O)CCCC2)c(=O)[nH]1. The molecule has 1 saturated carbocycles. The van der Waals surface area contributed by atoms with Crippen LogP contribution in [0.4, 0.5) is 5.95 Å². The zero-order chi connectivity index (χ0) is 12.0. The zero-order valence-corrected chi connectivity index (χ0v) is 9.18. The summed E-state index contributed by atoms with van der Waals surface area (Å²) in [6.07, 6.45) is 4.65. The summed E-state index contributed by atoms with van der Waals surface area (Å²) in [4.78, 5) is 22.0. The molecule has 3 rings (SSSR count). The van der Waals surface area contributed by atoms with Crippen LogP contribution in [0.3, 0.4) is 0 Å². The van der Waals surface area contributed by atoms with Gasteiger partial charge in [0.1, 0.15) is 5.72 Å². The molecule has 0 aliphatic heterocycles. The van der Waals surface area contributed by atoms with Crippen molar-refractivity contribution in [2.45, 2.75) is 31.4 Å². The topological polar surface area (TPSA) is 110 Å². The third-order valence-corrected chi connectivity index (χ3v) is 3.28. The molecule has 0 aromatic carbocycles. The normalized spacial score (nSPS) is 18.9. The lowest BCUT2D eigenvalue weighted by atomic mass is 10.2. The van der Waals surface area contributed by atoms with Crippen molar-refractivity contribution in [3.63, 3.8) is 0 Å². The minimum atomic E-state index is -0.984. The Morgan fingerprint density at radius 2 is 2.18 bits per heavy atom. The highest BCUT2D eigenvalue weighted by Crippen LogP contribution is 2.35. The van der Waals surface area contributed by atoms with E-state index >= 15 is 0 Å². The van der Waals surface area contributed by atoms with Crippen LogP contribution in [-0.4, -0.2) is 24.6 Å². The molecule has 2 aromatic heterocycles. The average Bonchev–Trinajstić information content (AvgIpc) is 2.84. The largest absolute Gasteiger partial charge is 0.370 e. The van der Waals surface area contributed by atoms with Crippen LogP contribution in [0, 0.1) is 0 Å². The maximum atomic E-state index is 11.6. The molecule has 2 heterocycles. The second-order valence-electron chi connectivity index (χ2n) is 4.43. The van der Waals surface area contributed by atoms with Gasteiger partial charge in [0, 0.05) is 0 Å². The Hall–Kier alpha value is -1.89. The smallest absolute Gasteiger partial charge is 0.280 e. The molecule has 1 aliphatic carbocycles. The molecule has 17 heavy (non-hydrogen) atoms. The molecular formula is C10H13N5O2. The number of anilines is 1. The van der Waals surface area contributed by atoms with Crippen molar-refractivity contribution in [3.8, 4) is 0 Å². The fourth-order valence-corrected chi connectivity index (χ4v) is 2.41. The van der Waals surface area contributed by atoms with Crippen molar-refractivity contribution in [3.05, 3.63) is 16.7 Å². The summed E-state index contributed by atoms with van der Waals surface area (Å²) in [5.41, 5.74) is 4.69. The molecule has 2 aromatic rings. The molecule has 90 valence electrons. The Labute approximate surface area is 96.3 Å². The van der Waals surface area contributed by atoms with Gasteiger partial charge in [-0.05, 0) is 25.7 Å². The Morgan fingerprint density at radius 1 is 1.47 bits per heavy atom. The number of imidazole rings is 1. The summed E-state index contributed by atoms with van der Waals surface area (Å²) in [6.45, 7) is 0. The highest BCUT2D eigenvalue weighted by Gasteiger charge is 2.34. The van der Waals surface area contributed by atoms with Gasteiger partial charge in [0.2, 0.25) is 5.95 Å². The maximum absolute atomic E-state index is 11.6. The van der Waals surface area contributed by atoms with Crippen molar-refractivity contribution in [1.82, 2.24) is 19.5 Å². The van der Waals surface area contributed by atoms with Crippen LogP contribution in [0.2, 0.25) is 0 Å². The number of fused-ring (bicyclic) bond motifs is 1. The van der Waals surface area contributed by atoms with Crippen molar-refractivity contribution >= 4 is 17.1 Å². The second-order valence-corrected chi connectivity index (χ2v) is 4.43. The van der Waals surface area contributed by atoms with Gasteiger partial charge in [-0.1, -0.05) is 0 Å². The lowest BCUT2D eigenvalue weighted by Gasteiger charge is -2.23. The summed E-state index contributed by atoms with van der Waals surface area (Å²) < 4.78 is 1.56. The highest BCUT2D eigenvalue weighted by atomic mass is 16.3. The molecule has 7 heteroatoms. The predicted octanol–water partition coefficient (Wildman–Crippen LogP) is -0.0791. The molecule has 1 fully saturated rings. The van der Waals surface area contributed by atoms with Crippen LogP contribution in [0.15, 0.2) is 11.1 Å². The van der Waals surface area contributed by atoms with Crippen LogP contribution >= 0.6 is 0 Å². The fourth-order valence-electron chi connectivity index (χ4n) is 2.41. The van der Waals surface area contributed by atoms with E-state index in [0.717, 1.165) is 12.8 Å². The molecule has 4 N–H and O–H groups in total. The van der Waals surface area contributed by atoms with E-state index in [9.17, 15) is 9.90 Å². The summed E-state index contributed by atoms with van der Waals surface area (Å²) in [5, 5.41) is 10.5. The Morgan fingerprint density at radius 3 is 2.88 bits per heavy atom. The third kappa shape index (κ3) is 1.42. The summed E-state index contributed by atoms with van der Waals surface area (Å²) in [5.74, 6) is 0.0332. The first-order valence-corrected chi connectivity index (χ1v) is 5.56. The van der Waals surface area contributed by atoms with Crippen molar-refractivity contribution in [2.24, 2.45) is 0 Å². The van der Waals surface area contributed by atoms with Crippen LogP contribution in [0.5, 0.6) is 0 Å². The zero-order valence-electron chi connectivity index (χ0n) is 9.18. The van der Waals surface area contributed by atoms with Crippen LogP contribution in [0.25, 0.3) is 11.2 Å².